The Labute approximate surface area is 82.7 Å². The Kier molecular flexibility index (Phi) is 5.40. The Morgan fingerprint density at radius 2 is 1.92 bits per heavy atom. The van der Waals surface area contributed by atoms with Gasteiger partial charge in [-0.1, -0.05) is 26.7 Å². The number of hydrogen-bond acceptors (Lipinski definition) is 2. The molecule has 1 heterocycles. The molecule has 0 saturated carbocycles. The van der Waals surface area contributed by atoms with Crippen molar-refractivity contribution in [2.45, 2.75) is 33.1 Å². The highest BCUT2D eigenvalue weighted by Crippen LogP contribution is 2.10. The summed E-state index contributed by atoms with van der Waals surface area (Å²) in [5.74, 6) is 0.915. The van der Waals surface area contributed by atoms with Gasteiger partial charge in [-0.3, -0.25) is 0 Å². The molecule has 13 heavy (non-hydrogen) atoms. The van der Waals surface area contributed by atoms with Crippen molar-refractivity contribution in [3.05, 3.63) is 0 Å². The van der Waals surface area contributed by atoms with E-state index < -0.39 is 0 Å². The number of nitrogens with one attached hydrogen (secondary N) is 1. The van der Waals surface area contributed by atoms with Crippen molar-refractivity contribution in [2.24, 2.45) is 5.92 Å². The number of hydrogen-bond donors (Lipinski definition) is 1. The van der Waals surface area contributed by atoms with Crippen molar-refractivity contribution in [3.8, 4) is 0 Å². The molecule has 0 spiro atoms. The van der Waals surface area contributed by atoms with Crippen LogP contribution in [0.4, 0.5) is 0 Å². The van der Waals surface area contributed by atoms with Gasteiger partial charge >= 0.3 is 0 Å². The maximum absolute atomic E-state index is 3.44. The first kappa shape index (κ1) is 11.0. The van der Waals surface area contributed by atoms with E-state index in [1.165, 1.54) is 52.0 Å². The molecule has 78 valence electrons. The van der Waals surface area contributed by atoms with Crippen LogP contribution < -0.4 is 5.32 Å². The summed E-state index contributed by atoms with van der Waals surface area (Å²) in [6.45, 7) is 10.9. The second kappa shape index (κ2) is 6.39. The fourth-order valence-electron chi connectivity index (χ4n) is 2.00. The lowest BCUT2D eigenvalue weighted by Gasteiger charge is -2.24. The Hall–Kier alpha value is -0.0800. The van der Waals surface area contributed by atoms with Gasteiger partial charge in [0.2, 0.25) is 0 Å². The molecule has 0 aromatic heterocycles. The highest BCUT2D eigenvalue weighted by molar-refractivity contribution is 4.68. The minimum Gasteiger partial charge on any atom is -0.315 e. The summed E-state index contributed by atoms with van der Waals surface area (Å²) in [7, 11) is 0. The molecule has 0 atom stereocenters. The lowest BCUT2D eigenvalue weighted by molar-refractivity contribution is 0.237. The summed E-state index contributed by atoms with van der Waals surface area (Å²) in [4.78, 5) is 2.62. The number of nitrogens with zero attached hydrogens (tertiary/aromatic N) is 1. The molecule has 0 amide bonds. The fraction of sp³-hybridized carbons (Fsp3) is 1.00. The second-order valence-corrected chi connectivity index (χ2v) is 4.09. The molecule has 1 rings (SSSR count). The van der Waals surface area contributed by atoms with Crippen LogP contribution in [0.15, 0.2) is 0 Å². The van der Waals surface area contributed by atoms with Crippen molar-refractivity contribution in [1.29, 1.82) is 0 Å². The maximum Gasteiger partial charge on any atom is 0.0107 e. The first-order chi connectivity index (χ1) is 6.36. The summed E-state index contributed by atoms with van der Waals surface area (Å²) in [6.07, 6.45) is 3.99. The Morgan fingerprint density at radius 3 is 2.62 bits per heavy atom. The summed E-state index contributed by atoms with van der Waals surface area (Å²) in [5, 5.41) is 3.44. The van der Waals surface area contributed by atoms with Gasteiger partial charge in [0.25, 0.3) is 0 Å². The van der Waals surface area contributed by atoms with Gasteiger partial charge in [-0.2, -0.15) is 0 Å². The lowest BCUT2D eigenvalue weighted by Crippen LogP contribution is -2.32. The van der Waals surface area contributed by atoms with Crippen LogP contribution in [0.2, 0.25) is 0 Å². The molecule has 1 aliphatic rings. The highest BCUT2D eigenvalue weighted by atomic mass is 15.1. The van der Waals surface area contributed by atoms with Crippen molar-refractivity contribution >= 4 is 0 Å². The number of rotatable bonds is 4. The maximum atomic E-state index is 3.44. The zero-order chi connectivity index (χ0) is 9.52. The molecule has 2 nitrogen and oxygen atoms in total. The summed E-state index contributed by atoms with van der Waals surface area (Å²) in [6, 6.07) is 0. The molecular weight excluding hydrogens is 160 g/mol. The van der Waals surface area contributed by atoms with E-state index in [0.29, 0.717) is 0 Å². The van der Waals surface area contributed by atoms with E-state index in [-0.39, 0.29) is 0 Å². The average Bonchev–Trinajstić information content (AvgIpc) is 2.42. The molecule has 0 aliphatic carbocycles. The first-order valence-electron chi connectivity index (χ1n) is 5.79. The van der Waals surface area contributed by atoms with Gasteiger partial charge in [-0.15, -0.1) is 0 Å². The van der Waals surface area contributed by atoms with E-state index in [2.05, 4.69) is 24.1 Å². The van der Waals surface area contributed by atoms with Crippen LogP contribution in [0.1, 0.15) is 33.1 Å². The van der Waals surface area contributed by atoms with Crippen molar-refractivity contribution in [2.75, 3.05) is 32.7 Å². The van der Waals surface area contributed by atoms with Gasteiger partial charge < -0.3 is 10.2 Å². The zero-order valence-electron chi connectivity index (χ0n) is 9.18. The van der Waals surface area contributed by atoms with Crippen LogP contribution >= 0.6 is 0 Å². The third-order valence-electron chi connectivity index (χ3n) is 3.10. The van der Waals surface area contributed by atoms with E-state index in [9.17, 15) is 0 Å². The predicted octanol–water partition coefficient (Wildman–Crippen LogP) is 1.72. The van der Waals surface area contributed by atoms with Crippen molar-refractivity contribution in [1.82, 2.24) is 10.2 Å². The SMILES string of the molecule is CCC(CC)CN1CCCNCC1. The second-order valence-electron chi connectivity index (χ2n) is 4.09. The molecule has 0 unspecified atom stereocenters. The Balaban J connectivity index is 2.24. The largest absolute Gasteiger partial charge is 0.315 e. The highest BCUT2D eigenvalue weighted by Gasteiger charge is 2.12. The molecule has 1 saturated heterocycles. The van der Waals surface area contributed by atoms with Crippen LogP contribution in [0.25, 0.3) is 0 Å². The summed E-state index contributed by atoms with van der Waals surface area (Å²) in [5.41, 5.74) is 0. The molecule has 0 aromatic carbocycles. The quantitative estimate of drug-likeness (QED) is 0.715. The predicted molar refractivity (Wildman–Crippen MR) is 58.0 cm³/mol. The van der Waals surface area contributed by atoms with Crippen molar-refractivity contribution < 1.29 is 0 Å². The van der Waals surface area contributed by atoms with Crippen LogP contribution in [0, 0.1) is 5.92 Å². The first-order valence-corrected chi connectivity index (χ1v) is 5.79. The van der Waals surface area contributed by atoms with Gasteiger partial charge in [-0.05, 0) is 25.4 Å². The van der Waals surface area contributed by atoms with Gasteiger partial charge in [0.1, 0.15) is 0 Å². The van der Waals surface area contributed by atoms with Crippen molar-refractivity contribution in [3.63, 3.8) is 0 Å². The molecule has 0 radical (unpaired) electrons. The standard InChI is InChI=1S/C11H24N2/c1-3-11(4-2)10-13-8-5-6-12-7-9-13/h11-12H,3-10H2,1-2H3. The third-order valence-corrected chi connectivity index (χ3v) is 3.10. The zero-order valence-corrected chi connectivity index (χ0v) is 9.18. The third kappa shape index (κ3) is 4.10. The van der Waals surface area contributed by atoms with Gasteiger partial charge in [0.15, 0.2) is 0 Å². The lowest BCUT2D eigenvalue weighted by atomic mass is 10.0. The van der Waals surface area contributed by atoms with Crippen LogP contribution in [0.3, 0.4) is 0 Å². The van der Waals surface area contributed by atoms with Crippen LogP contribution in [-0.4, -0.2) is 37.6 Å². The van der Waals surface area contributed by atoms with Gasteiger partial charge in [-0.25, -0.2) is 0 Å². The molecule has 0 aromatic rings. The van der Waals surface area contributed by atoms with E-state index in [1.54, 1.807) is 0 Å². The normalized spacial score (nSPS) is 20.5. The molecule has 0 bridgehead atoms. The van der Waals surface area contributed by atoms with Crippen LogP contribution in [-0.2, 0) is 0 Å². The Morgan fingerprint density at radius 1 is 1.15 bits per heavy atom. The topological polar surface area (TPSA) is 15.3 Å². The molecule has 1 N–H and O–H groups in total. The molecule has 1 aliphatic heterocycles. The molecule has 2 heteroatoms. The van der Waals surface area contributed by atoms with E-state index >= 15 is 0 Å². The van der Waals surface area contributed by atoms with Gasteiger partial charge in [0.05, 0.1) is 0 Å². The molecule has 1 fully saturated rings. The average molecular weight is 184 g/mol. The minimum absolute atomic E-state index is 0.915. The van der Waals surface area contributed by atoms with Gasteiger partial charge in [0, 0.05) is 19.6 Å². The molecular formula is C11H24N2. The van der Waals surface area contributed by atoms with E-state index in [1.807, 2.05) is 0 Å². The smallest absolute Gasteiger partial charge is 0.0107 e. The minimum atomic E-state index is 0.915. The summed E-state index contributed by atoms with van der Waals surface area (Å²) >= 11 is 0. The summed E-state index contributed by atoms with van der Waals surface area (Å²) < 4.78 is 0. The Bertz CT molecular complexity index is 113. The van der Waals surface area contributed by atoms with E-state index in [4.69, 9.17) is 0 Å². The van der Waals surface area contributed by atoms with E-state index in [0.717, 1.165) is 5.92 Å². The fourth-order valence-corrected chi connectivity index (χ4v) is 2.00. The van der Waals surface area contributed by atoms with Crippen LogP contribution in [0.5, 0.6) is 0 Å². The monoisotopic (exact) mass is 184 g/mol.